The van der Waals surface area contributed by atoms with Gasteiger partial charge in [-0.05, 0) is 24.2 Å². The molecular weight excluding hydrogens is 240 g/mol. The maximum absolute atomic E-state index is 13.0. The number of carbonyl (C=O) groups is 1. The van der Waals surface area contributed by atoms with Crippen LogP contribution in [0, 0.1) is 17.6 Å². The highest BCUT2D eigenvalue weighted by Crippen LogP contribution is 2.12. The molecule has 1 aromatic rings. The lowest BCUT2D eigenvalue weighted by molar-refractivity contribution is -0.141. The Kier molecular flexibility index (Phi) is 5.22. The first kappa shape index (κ1) is 14.6. The van der Waals surface area contributed by atoms with Gasteiger partial charge in [-0.15, -0.1) is 0 Å². The van der Waals surface area contributed by atoms with Gasteiger partial charge < -0.3 is 5.11 Å². The van der Waals surface area contributed by atoms with Gasteiger partial charge in [-0.1, -0.05) is 13.8 Å². The smallest absolute Gasteiger partial charge is 0.307 e. The average Bonchev–Trinajstić information content (AvgIpc) is 2.26. The lowest BCUT2D eigenvalue weighted by Gasteiger charge is -2.22. The number of hydrogen-bond acceptors (Lipinski definition) is 2. The van der Waals surface area contributed by atoms with Crippen molar-refractivity contribution in [2.24, 2.45) is 5.92 Å². The summed E-state index contributed by atoms with van der Waals surface area (Å²) in [6.45, 7) is 4.80. The Labute approximate surface area is 105 Å². The maximum Gasteiger partial charge on any atom is 0.307 e. The third-order valence-electron chi connectivity index (χ3n) is 2.73. The van der Waals surface area contributed by atoms with Crippen LogP contribution in [0.1, 0.15) is 19.4 Å². The predicted molar refractivity (Wildman–Crippen MR) is 64.1 cm³/mol. The van der Waals surface area contributed by atoms with Gasteiger partial charge in [0.1, 0.15) is 11.6 Å². The Hall–Kier alpha value is -1.49. The number of halogens is 2. The van der Waals surface area contributed by atoms with E-state index >= 15 is 0 Å². The van der Waals surface area contributed by atoms with Gasteiger partial charge in [0.15, 0.2) is 0 Å². The Bertz CT molecular complexity index is 403. The molecule has 0 aliphatic heterocycles. The second-order valence-corrected chi connectivity index (χ2v) is 4.34. The fourth-order valence-electron chi connectivity index (χ4n) is 1.73. The summed E-state index contributed by atoms with van der Waals surface area (Å²) in [5.41, 5.74) is 0.506. The molecule has 1 N–H and O–H groups in total. The molecule has 0 saturated carbocycles. The van der Waals surface area contributed by atoms with Crippen LogP contribution in [0.25, 0.3) is 0 Å². The second-order valence-electron chi connectivity index (χ2n) is 4.34. The van der Waals surface area contributed by atoms with E-state index in [1.165, 1.54) is 12.1 Å². The molecule has 0 saturated heterocycles. The molecule has 0 bridgehead atoms. The Morgan fingerprint density at radius 2 is 1.89 bits per heavy atom. The van der Waals surface area contributed by atoms with Crippen molar-refractivity contribution in [3.05, 3.63) is 35.4 Å². The van der Waals surface area contributed by atoms with Gasteiger partial charge in [-0.2, -0.15) is 0 Å². The van der Waals surface area contributed by atoms with Crippen molar-refractivity contribution in [3.63, 3.8) is 0 Å². The first-order valence-corrected chi connectivity index (χ1v) is 5.82. The molecule has 0 heterocycles. The molecular formula is C13H17F2NO2. The van der Waals surface area contributed by atoms with E-state index in [2.05, 4.69) is 0 Å². The summed E-state index contributed by atoms with van der Waals surface area (Å²) >= 11 is 0. The highest BCUT2D eigenvalue weighted by atomic mass is 19.1. The monoisotopic (exact) mass is 257 g/mol. The van der Waals surface area contributed by atoms with Gasteiger partial charge in [0, 0.05) is 19.2 Å². The van der Waals surface area contributed by atoms with Crippen molar-refractivity contribution >= 4 is 5.97 Å². The molecule has 1 rings (SSSR count). The van der Waals surface area contributed by atoms with E-state index in [1.54, 1.807) is 6.92 Å². The highest BCUT2D eigenvalue weighted by Gasteiger charge is 2.15. The summed E-state index contributed by atoms with van der Waals surface area (Å²) in [7, 11) is 0. The van der Waals surface area contributed by atoms with Gasteiger partial charge in [0.05, 0.1) is 5.92 Å². The largest absolute Gasteiger partial charge is 0.481 e. The first-order chi connectivity index (χ1) is 8.42. The minimum absolute atomic E-state index is 0.336. The summed E-state index contributed by atoms with van der Waals surface area (Å²) in [6.07, 6.45) is 0. The third-order valence-corrected chi connectivity index (χ3v) is 2.73. The molecule has 0 aliphatic carbocycles. The van der Waals surface area contributed by atoms with Crippen molar-refractivity contribution < 1.29 is 18.7 Å². The van der Waals surface area contributed by atoms with Crippen LogP contribution in [0.3, 0.4) is 0 Å². The minimum Gasteiger partial charge on any atom is -0.481 e. The van der Waals surface area contributed by atoms with E-state index in [9.17, 15) is 13.6 Å². The maximum atomic E-state index is 13.0. The molecule has 0 aliphatic rings. The highest BCUT2D eigenvalue weighted by molar-refractivity contribution is 5.69. The summed E-state index contributed by atoms with van der Waals surface area (Å²) in [5, 5.41) is 8.83. The quantitative estimate of drug-likeness (QED) is 0.851. The molecule has 1 unspecified atom stereocenters. The van der Waals surface area contributed by atoms with Crippen molar-refractivity contribution in [1.29, 1.82) is 0 Å². The normalized spacial score (nSPS) is 12.7. The number of benzene rings is 1. The average molecular weight is 257 g/mol. The molecule has 3 nitrogen and oxygen atoms in total. The standard InChI is InChI=1S/C13H17F2NO2/c1-3-16(7-9(2)13(17)18)8-10-4-11(14)6-12(15)5-10/h4-6,9H,3,7-8H2,1-2H3,(H,17,18). The Morgan fingerprint density at radius 3 is 2.33 bits per heavy atom. The predicted octanol–water partition coefficient (Wildman–Crippen LogP) is 2.51. The molecule has 0 spiro atoms. The van der Waals surface area contributed by atoms with Crippen molar-refractivity contribution in [3.8, 4) is 0 Å². The van der Waals surface area contributed by atoms with Crippen LogP contribution in [0.4, 0.5) is 8.78 Å². The molecule has 5 heteroatoms. The molecule has 0 amide bonds. The van der Waals surface area contributed by atoms with Crippen molar-refractivity contribution in [1.82, 2.24) is 4.90 Å². The van der Waals surface area contributed by atoms with E-state index < -0.39 is 23.5 Å². The van der Waals surface area contributed by atoms with Crippen LogP contribution in [0.2, 0.25) is 0 Å². The molecule has 18 heavy (non-hydrogen) atoms. The first-order valence-electron chi connectivity index (χ1n) is 5.82. The zero-order chi connectivity index (χ0) is 13.7. The number of carboxylic acid groups (broad SMARTS) is 1. The Morgan fingerprint density at radius 1 is 1.33 bits per heavy atom. The number of aliphatic carboxylic acids is 1. The van der Waals surface area contributed by atoms with Gasteiger partial charge in [0.25, 0.3) is 0 Å². The van der Waals surface area contributed by atoms with Crippen molar-refractivity contribution in [2.45, 2.75) is 20.4 Å². The van der Waals surface area contributed by atoms with E-state index in [0.717, 1.165) is 6.07 Å². The fourth-order valence-corrected chi connectivity index (χ4v) is 1.73. The topological polar surface area (TPSA) is 40.5 Å². The number of rotatable bonds is 6. The third kappa shape index (κ3) is 4.41. The zero-order valence-electron chi connectivity index (χ0n) is 10.5. The van der Waals surface area contributed by atoms with E-state index in [0.29, 0.717) is 25.2 Å². The molecule has 0 aromatic heterocycles. The lowest BCUT2D eigenvalue weighted by atomic mass is 10.1. The number of carboxylic acids is 1. The number of nitrogens with zero attached hydrogens (tertiary/aromatic N) is 1. The number of hydrogen-bond donors (Lipinski definition) is 1. The SMILES string of the molecule is CCN(Cc1cc(F)cc(F)c1)CC(C)C(=O)O. The second kappa shape index (κ2) is 6.44. The van der Waals surface area contributed by atoms with Crippen LogP contribution in [-0.4, -0.2) is 29.1 Å². The molecule has 0 fully saturated rings. The molecule has 0 radical (unpaired) electrons. The minimum atomic E-state index is -0.876. The van der Waals surface area contributed by atoms with Crippen LogP contribution in [0.5, 0.6) is 0 Å². The van der Waals surface area contributed by atoms with E-state index in [-0.39, 0.29) is 0 Å². The van der Waals surface area contributed by atoms with Gasteiger partial charge >= 0.3 is 5.97 Å². The van der Waals surface area contributed by atoms with Gasteiger partial charge in [-0.3, -0.25) is 9.69 Å². The van der Waals surface area contributed by atoms with Gasteiger partial charge in [-0.25, -0.2) is 8.78 Å². The van der Waals surface area contributed by atoms with E-state index in [4.69, 9.17) is 5.11 Å². The van der Waals surface area contributed by atoms with Crippen LogP contribution >= 0.6 is 0 Å². The van der Waals surface area contributed by atoms with Gasteiger partial charge in [0.2, 0.25) is 0 Å². The molecule has 1 aromatic carbocycles. The lowest BCUT2D eigenvalue weighted by Crippen LogP contribution is -2.31. The molecule has 1 atom stereocenters. The summed E-state index contributed by atoms with van der Waals surface area (Å²) in [5.74, 6) is -2.62. The van der Waals surface area contributed by atoms with Crippen LogP contribution in [0.15, 0.2) is 18.2 Å². The summed E-state index contributed by atoms with van der Waals surface area (Å²) < 4.78 is 26.0. The fraction of sp³-hybridized carbons (Fsp3) is 0.462. The molecule has 100 valence electrons. The van der Waals surface area contributed by atoms with Crippen LogP contribution < -0.4 is 0 Å². The Balaban J connectivity index is 2.70. The summed E-state index contributed by atoms with van der Waals surface area (Å²) in [4.78, 5) is 12.6. The zero-order valence-corrected chi connectivity index (χ0v) is 10.5. The van der Waals surface area contributed by atoms with Crippen molar-refractivity contribution in [2.75, 3.05) is 13.1 Å². The van der Waals surface area contributed by atoms with Crippen LogP contribution in [-0.2, 0) is 11.3 Å². The summed E-state index contributed by atoms with van der Waals surface area (Å²) in [6, 6.07) is 3.34. The van der Waals surface area contributed by atoms with E-state index in [1.807, 2.05) is 11.8 Å².